The average molecular weight is 393 g/mol. The molecule has 5 heteroatoms. The summed E-state index contributed by atoms with van der Waals surface area (Å²) in [5, 5.41) is 0.639. The van der Waals surface area contributed by atoms with Gasteiger partial charge in [-0.1, -0.05) is 62.8 Å². The lowest BCUT2D eigenvalue weighted by molar-refractivity contribution is -0.147. The van der Waals surface area contributed by atoms with Crippen molar-refractivity contribution in [2.75, 3.05) is 6.61 Å². The van der Waals surface area contributed by atoms with E-state index in [2.05, 4.69) is 6.92 Å². The quantitative estimate of drug-likeness (QED) is 0.352. The minimum atomic E-state index is -0.762. The smallest absolute Gasteiger partial charge is 0.335 e. The number of cyclic esters (lactones) is 1. The number of benzene rings is 1. The lowest BCUT2D eigenvalue weighted by Gasteiger charge is -2.26. The van der Waals surface area contributed by atoms with Crippen LogP contribution in [0.5, 0.6) is 0 Å². The Kier molecular flexibility index (Phi) is 8.36. The summed E-state index contributed by atoms with van der Waals surface area (Å²) >= 11 is 5.85. The molecule has 0 bridgehead atoms. The van der Waals surface area contributed by atoms with Gasteiger partial charge in [0.2, 0.25) is 0 Å². The normalized spacial score (nSPS) is 18.9. The summed E-state index contributed by atoms with van der Waals surface area (Å²) in [6, 6.07) is 7.16. The third-order valence-electron chi connectivity index (χ3n) is 4.81. The van der Waals surface area contributed by atoms with Crippen molar-refractivity contribution in [2.45, 2.75) is 70.8 Å². The Morgan fingerprint density at radius 3 is 2.48 bits per heavy atom. The van der Waals surface area contributed by atoms with E-state index in [9.17, 15) is 9.59 Å². The molecular weight excluding hydrogens is 364 g/mol. The number of hydrogen-bond donors (Lipinski definition) is 0. The van der Waals surface area contributed by atoms with Gasteiger partial charge in [0.1, 0.15) is 12.4 Å². The molecular formula is C22H29ClO4. The van der Waals surface area contributed by atoms with Crippen LogP contribution in [0.1, 0.15) is 64.4 Å². The number of Topliss-reactive ketones (excluding diaryl/α,β-unsaturated/α-hetero) is 1. The van der Waals surface area contributed by atoms with Crippen molar-refractivity contribution in [3.63, 3.8) is 0 Å². The largest absolute Gasteiger partial charge is 0.486 e. The molecule has 2 rings (SSSR count). The molecule has 0 fully saturated rings. The predicted octanol–water partition coefficient (Wildman–Crippen LogP) is 5.42. The number of carbonyl (C=O) groups is 2. The lowest BCUT2D eigenvalue weighted by atomic mass is 9.96. The van der Waals surface area contributed by atoms with Gasteiger partial charge in [-0.15, -0.1) is 0 Å². The molecule has 0 radical (unpaired) electrons. The van der Waals surface area contributed by atoms with Crippen LogP contribution in [0.4, 0.5) is 0 Å². The summed E-state index contributed by atoms with van der Waals surface area (Å²) in [7, 11) is 0. The van der Waals surface area contributed by atoms with Crippen molar-refractivity contribution in [3.8, 4) is 0 Å². The molecule has 148 valence electrons. The van der Waals surface area contributed by atoms with Gasteiger partial charge in [-0.05, 0) is 37.5 Å². The standard InChI is InChI=1S/C22H29ClO4/c1-3-4-5-6-7-8-13-22(2)20(15-21(25)27-22)26-16-19(24)14-17-9-11-18(23)12-10-17/h9-12,15H,3-8,13-14,16H2,1-2H3. The molecule has 0 amide bonds. The highest BCUT2D eigenvalue weighted by molar-refractivity contribution is 6.30. The molecule has 0 saturated heterocycles. The fourth-order valence-corrected chi connectivity index (χ4v) is 3.34. The van der Waals surface area contributed by atoms with E-state index in [1.54, 1.807) is 12.1 Å². The number of unbranched alkanes of at least 4 members (excludes halogenated alkanes) is 5. The minimum Gasteiger partial charge on any atom is -0.486 e. The molecule has 1 aliphatic rings. The maximum Gasteiger partial charge on any atom is 0.335 e. The number of ketones is 1. The number of ether oxygens (including phenoxy) is 2. The molecule has 1 heterocycles. The van der Waals surface area contributed by atoms with Gasteiger partial charge >= 0.3 is 5.97 Å². The first-order valence-electron chi connectivity index (χ1n) is 9.77. The Labute approximate surface area is 166 Å². The molecule has 0 N–H and O–H groups in total. The lowest BCUT2D eigenvalue weighted by Crippen LogP contribution is -2.30. The summed E-state index contributed by atoms with van der Waals surface area (Å²) in [5.41, 5.74) is 0.123. The highest BCUT2D eigenvalue weighted by atomic mass is 35.5. The summed E-state index contributed by atoms with van der Waals surface area (Å²) in [6.45, 7) is 3.98. The molecule has 1 atom stereocenters. The van der Waals surface area contributed by atoms with E-state index in [4.69, 9.17) is 21.1 Å². The van der Waals surface area contributed by atoms with E-state index >= 15 is 0 Å². The van der Waals surface area contributed by atoms with E-state index in [-0.39, 0.29) is 18.8 Å². The molecule has 1 aliphatic heterocycles. The summed E-state index contributed by atoms with van der Waals surface area (Å²) < 4.78 is 11.2. The number of hydrogen-bond acceptors (Lipinski definition) is 4. The van der Waals surface area contributed by atoms with E-state index in [1.165, 1.54) is 31.8 Å². The van der Waals surface area contributed by atoms with Gasteiger partial charge in [0.25, 0.3) is 0 Å². The highest BCUT2D eigenvalue weighted by Gasteiger charge is 2.40. The second-order valence-corrected chi connectivity index (χ2v) is 7.75. The van der Waals surface area contributed by atoms with Gasteiger partial charge in [-0.3, -0.25) is 4.79 Å². The number of halogens is 1. The Morgan fingerprint density at radius 1 is 1.11 bits per heavy atom. The first kappa shape index (κ1) is 21.5. The number of esters is 1. The van der Waals surface area contributed by atoms with Crippen molar-refractivity contribution < 1.29 is 19.1 Å². The minimum absolute atomic E-state index is 0.0560. The molecule has 0 saturated carbocycles. The monoisotopic (exact) mass is 392 g/mol. The van der Waals surface area contributed by atoms with Gasteiger partial charge < -0.3 is 9.47 Å². The van der Waals surface area contributed by atoms with Crippen LogP contribution in [-0.2, 0) is 25.5 Å². The summed E-state index contributed by atoms with van der Waals surface area (Å²) in [5.74, 6) is 0.00799. The Balaban J connectivity index is 1.80. The van der Waals surface area contributed by atoms with Crippen LogP contribution in [0.15, 0.2) is 36.1 Å². The summed E-state index contributed by atoms with van der Waals surface area (Å²) in [6.07, 6.45) is 9.34. The van der Waals surface area contributed by atoms with Gasteiger partial charge in [0.05, 0.1) is 6.08 Å². The third kappa shape index (κ3) is 7.02. The third-order valence-corrected chi connectivity index (χ3v) is 5.06. The second kappa shape index (κ2) is 10.5. The van der Waals surface area contributed by atoms with Crippen LogP contribution in [0.25, 0.3) is 0 Å². The number of carbonyl (C=O) groups excluding carboxylic acids is 2. The van der Waals surface area contributed by atoms with E-state index < -0.39 is 11.6 Å². The van der Waals surface area contributed by atoms with Gasteiger partial charge in [0, 0.05) is 11.4 Å². The summed E-state index contributed by atoms with van der Waals surface area (Å²) in [4.78, 5) is 23.9. The molecule has 1 aromatic carbocycles. The molecule has 0 aromatic heterocycles. The molecule has 0 spiro atoms. The van der Waals surface area contributed by atoms with Gasteiger partial charge in [0.15, 0.2) is 11.4 Å². The van der Waals surface area contributed by atoms with Crippen molar-refractivity contribution in [1.82, 2.24) is 0 Å². The van der Waals surface area contributed by atoms with Gasteiger partial charge in [-0.25, -0.2) is 4.79 Å². The van der Waals surface area contributed by atoms with Crippen LogP contribution in [0.3, 0.4) is 0 Å². The van der Waals surface area contributed by atoms with Crippen LogP contribution in [-0.4, -0.2) is 24.0 Å². The van der Waals surface area contributed by atoms with Crippen LogP contribution >= 0.6 is 11.6 Å². The predicted molar refractivity (Wildman–Crippen MR) is 107 cm³/mol. The zero-order valence-corrected chi connectivity index (χ0v) is 17.0. The molecule has 27 heavy (non-hydrogen) atoms. The zero-order chi connectivity index (χ0) is 19.7. The van der Waals surface area contributed by atoms with Crippen LogP contribution in [0.2, 0.25) is 5.02 Å². The van der Waals surface area contributed by atoms with E-state index in [1.807, 2.05) is 19.1 Å². The fourth-order valence-electron chi connectivity index (χ4n) is 3.21. The fraction of sp³-hybridized carbons (Fsp3) is 0.545. The maximum atomic E-state index is 12.2. The topological polar surface area (TPSA) is 52.6 Å². The van der Waals surface area contributed by atoms with E-state index in [0.29, 0.717) is 17.2 Å². The average Bonchev–Trinajstić information content (AvgIpc) is 2.92. The molecule has 1 aromatic rings. The van der Waals surface area contributed by atoms with Crippen molar-refractivity contribution in [2.24, 2.45) is 0 Å². The zero-order valence-electron chi connectivity index (χ0n) is 16.3. The van der Waals surface area contributed by atoms with Gasteiger partial charge in [-0.2, -0.15) is 0 Å². The first-order chi connectivity index (χ1) is 12.9. The maximum absolute atomic E-state index is 12.2. The van der Waals surface area contributed by atoms with Crippen molar-refractivity contribution >= 4 is 23.4 Å². The van der Waals surface area contributed by atoms with Crippen molar-refractivity contribution in [3.05, 3.63) is 46.7 Å². The SMILES string of the molecule is CCCCCCCCC1(C)OC(=O)C=C1OCC(=O)Cc1ccc(Cl)cc1. The van der Waals surface area contributed by atoms with E-state index in [0.717, 1.165) is 18.4 Å². The Bertz CT molecular complexity index is 665. The highest BCUT2D eigenvalue weighted by Crippen LogP contribution is 2.34. The molecule has 4 nitrogen and oxygen atoms in total. The second-order valence-electron chi connectivity index (χ2n) is 7.31. The number of rotatable bonds is 12. The molecule has 1 unspecified atom stereocenters. The Hall–Kier alpha value is -1.81. The van der Waals surface area contributed by atoms with Crippen LogP contribution < -0.4 is 0 Å². The van der Waals surface area contributed by atoms with Crippen molar-refractivity contribution in [1.29, 1.82) is 0 Å². The van der Waals surface area contributed by atoms with Crippen LogP contribution in [0, 0.1) is 0 Å². The molecule has 0 aliphatic carbocycles. The first-order valence-corrected chi connectivity index (χ1v) is 10.1. The Morgan fingerprint density at radius 2 is 1.78 bits per heavy atom.